The summed E-state index contributed by atoms with van der Waals surface area (Å²) in [6.07, 6.45) is -0.519. The van der Waals surface area contributed by atoms with Gasteiger partial charge < -0.3 is 19.5 Å². The minimum atomic E-state index is -0.519. The Morgan fingerprint density at radius 3 is 2.43 bits per heavy atom. The van der Waals surface area contributed by atoms with E-state index in [1.165, 1.54) is 0 Å². The summed E-state index contributed by atoms with van der Waals surface area (Å²) in [6.45, 7) is 2.38. The quantitative estimate of drug-likeness (QED) is 0.462. The molecule has 2 atom stereocenters. The van der Waals surface area contributed by atoms with Gasteiger partial charge in [-0.1, -0.05) is 44.8 Å². The number of hydrogen-bond donors (Lipinski definition) is 1. The molecule has 182 valence electrons. The second kappa shape index (κ2) is 9.93. The van der Waals surface area contributed by atoms with Gasteiger partial charge in [0.1, 0.15) is 11.6 Å². The lowest BCUT2D eigenvalue weighted by molar-refractivity contribution is -0.134. The fraction of sp³-hybridized carbons (Fsp3) is 0.304. The number of nitrogens with one attached hydrogen (secondary N) is 1. The Hall–Kier alpha value is -2.40. The van der Waals surface area contributed by atoms with E-state index in [9.17, 15) is 14.4 Å². The van der Waals surface area contributed by atoms with E-state index in [1.807, 2.05) is 4.90 Å². The standard InChI is InChI=1S/C23H20Cl2N4O4S2/c1-12(30)28-6-7-29(19-11-35-34-10-18(19)28)23(32)33-20-5-3-14(25)9-16(20)21-26-17-4-2-13(24)8-15(17)22(31)27-21/h2-5,8-9,18-19H,6-7,10-11H2,1H3,(H,26,27,31). The van der Waals surface area contributed by atoms with Crippen molar-refractivity contribution in [2.75, 3.05) is 24.6 Å². The molecule has 1 aromatic heterocycles. The van der Waals surface area contributed by atoms with E-state index in [0.717, 1.165) is 5.75 Å². The summed E-state index contributed by atoms with van der Waals surface area (Å²) in [7, 11) is 3.38. The van der Waals surface area contributed by atoms with Crippen LogP contribution in [-0.4, -0.2) is 68.4 Å². The van der Waals surface area contributed by atoms with Gasteiger partial charge in [0.2, 0.25) is 5.91 Å². The van der Waals surface area contributed by atoms with Crippen molar-refractivity contribution in [3.05, 3.63) is 56.8 Å². The Morgan fingerprint density at radius 2 is 1.69 bits per heavy atom. The Bertz CT molecular complexity index is 1390. The molecule has 3 heterocycles. The zero-order valence-electron chi connectivity index (χ0n) is 18.5. The first-order valence-electron chi connectivity index (χ1n) is 10.8. The van der Waals surface area contributed by atoms with Crippen molar-refractivity contribution >= 4 is 67.7 Å². The van der Waals surface area contributed by atoms with Crippen LogP contribution in [0.1, 0.15) is 6.92 Å². The summed E-state index contributed by atoms with van der Waals surface area (Å²) in [5, 5.41) is 1.18. The zero-order valence-corrected chi connectivity index (χ0v) is 21.6. The third kappa shape index (κ3) is 4.84. The van der Waals surface area contributed by atoms with Crippen LogP contribution in [0.2, 0.25) is 10.0 Å². The molecule has 2 unspecified atom stereocenters. The number of carbonyl (C=O) groups excluding carboxylic acids is 2. The maximum Gasteiger partial charge on any atom is 0.415 e. The van der Waals surface area contributed by atoms with Gasteiger partial charge in [-0.05, 0) is 36.4 Å². The van der Waals surface area contributed by atoms with E-state index in [-0.39, 0.29) is 35.1 Å². The van der Waals surface area contributed by atoms with E-state index in [4.69, 9.17) is 27.9 Å². The molecule has 0 radical (unpaired) electrons. The number of hydrogen-bond acceptors (Lipinski definition) is 7. The van der Waals surface area contributed by atoms with Crippen molar-refractivity contribution in [3.8, 4) is 17.1 Å². The number of nitrogens with zero attached hydrogens (tertiary/aromatic N) is 3. The Kier molecular flexibility index (Phi) is 6.89. The van der Waals surface area contributed by atoms with E-state index in [2.05, 4.69) is 9.97 Å². The molecule has 2 aliphatic heterocycles. The number of carbonyl (C=O) groups is 2. The average molecular weight is 551 g/mol. The molecule has 0 aliphatic carbocycles. The number of rotatable bonds is 2. The number of aromatic amines is 1. The average Bonchev–Trinajstić information content (AvgIpc) is 2.84. The number of amides is 2. The Balaban J connectivity index is 1.47. The summed E-state index contributed by atoms with van der Waals surface area (Å²) in [5.41, 5.74) is 0.460. The molecule has 1 N–H and O–H groups in total. The van der Waals surface area contributed by atoms with Crippen LogP contribution in [0.4, 0.5) is 4.79 Å². The topological polar surface area (TPSA) is 95.6 Å². The molecule has 0 spiro atoms. The van der Waals surface area contributed by atoms with Crippen LogP contribution in [0.15, 0.2) is 41.2 Å². The van der Waals surface area contributed by atoms with Gasteiger partial charge in [0.05, 0.1) is 28.6 Å². The van der Waals surface area contributed by atoms with Gasteiger partial charge in [-0.2, -0.15) is 0 Å². The second-order valence-electron chi connectivity index (χ2n) is 8.19. The van der Waals surface area contributed by atoms with Gasteiger partial charge in [0, 0.05) is 41.6 Å². The van der Waals surface area contributed by atoms with Crippen LogP contribution in [-0.2, 0) is 4.79 Å². The lowest BCUT2D eigenvalue weighted by Gasteiger charge is -2.48. The number of H-pyrrole nitrogens is 1. The van der Waals surface area contributed by atoms with Crippen molar-refractivity contribution < 1.29 is 14.3 Å². The van der Waals surface area contributed by atoms with Gasteiger partial charge in [0.25, 0.3) is 5.56 Å². The monoisotopic (exact) mass is 550 g/mol. The zero-order chi connectivity index (χ0) is 24.7. The highest BCUT2D eigenvalue weighted by Crippen LogP contribution is 2.37. The number of piperazine rings is 1. The molecule has 3 aromatic rings. The van der Waals surface area contributed by atoms with Crippen molar-refractivity contribution in [3.63, 3.8) is 0 Å². The fourth-order valence-electron chi connectivity index (χ4n) is 4.39. The highest BCUT2D eigenvalue weighted by molar-refractivity contribution is 8.76. The third-order valence-corrected chi connectivity index (χ3v) is 9.00. The van der Waals surface area contributed by atoms with Crippen LogP contribution in [0, 0.1) is 0 Å². The second-order valence-corrected chi connectivity index (χ2v) is 11.6. The fourth-order valence-corrected chi connectivity index (χ4v) is 7.42. The lowest BCUT2D eigenvalue weighted by atomic mass is 10.0. The summed E-state index contributed by atoms with van der Waals surface area (Å²) in [4.78, 5) is 48.9. The van der Waals surface area contributed by atoms with Crippen molar-refractivity contribution in [1.29, 1.82) is 0 Å². The van der Waals surface area contributed by atoms with Gasteiger partial charge in [0.15, 0.2) is 0 Å². The smallest absolute Gasteiger partial charge is 0.409 e. The van der Waals surface area contributed by atoms with Crippen LogP contribution in [0.25, 0.3) is 22.3 Å². The van der Waals surface area contributed by atoms with E-state index < -0.39 is 6.09 Å². The number of ether oxygens (including phenoxy) is 1. The predicted molar refractivity (Wildman–Crippen MR) is 140 cm³/mol. The summed E-state index contributed by atoms with van der Waals surface area (Å²) in [6, 6.07) is 9.42. The highest BCUT2D eigenvalue weighted by atomic mass is 35.5. The minimum Gasteiger partial charge on any atom is -0.409 e. The molecule has 2 fully saturated rings. The van der Waals surface area contributed by atoms with E-state index in [1.54, 1.807) is 69.8 Å². The van der Waals surface area contributed by atoms with Gasteiger partial charge in [-0.15, -0.1) is 0 Å². The van der Waals surface area contributed by atoms with Crippen molar-refractivity contribution in [2.45, 2.75) is 19.0 Å². The molecular weight excluding hydrogens is 531 g/mol. The first-order chi connectivity index (χ1) is 16.8. The number of halogens is 2. The molecule has 0 saturated carbocycles. The number of aromatic nitrogens is 2. The molecule has 12 heteroatoms. The molecule has 2 saturated heterocycles. The molecular formula is C23H20Cl2N4O4S2. The maximum atomic E-state index is 13.3. The number of fused-ring (bicyclic) bond motifs is 2. The molecule has 35 heavy (non-hydrogen) atoms. The van der Waals surface area contributed by atoms with Crippen LogP contribution >= 0.6 is 44.8 Å². The van der Waals surface area contributed by atoms with Gasteiger partial charge in [-0.25, -0.2) is 9.78 Å². The summed E-state index contributed by atoms with van der Waals surface area (Å²) < 4.78 is 5.84. The summed E-state index contributed by atoms with van der Waals surface area (Å²) >= 11 is 12.3. The van der Waals surface area contributed by atoms with E-state index >= 15 is 0 Å². The normalized spacial score (nSPS) is 20.0. The molecule has 2 aromatic carbocycles. The van der Waals surface area contributed by atoms with Gasteiger partial charge >= 0.3 is 6.09 Å². The lowest BCUT2D eigenvalue weighted by Crippen LogP contribution is -2.65. The minimum absolute atomic E-state index is 0.00752. The highest BCUT2D eigenvalue weighted by Gasteiger charge is 2.42. The largest absolute Gasteiger partial charge is 0.415 e. The van der Waals surface area contributed by atoms with Crippen molar-refractivity contribution in [2.24, 2.45) is 0 Å². The summed E-state index contributed by atoms with van der Waals surface area (Å²) in [5.74, 6) is 1.90. The predicted octanol–water partition coefficient (Wildman–Crippen LogP) is 4.69. The molecule has 5 rings (SSSR count). The van der Waals surface area contributed by atoms with Crippen molar-refractivity contribution in [1.82, 2.24) is 19.8 Å². The SMILES string of the molecule is CC(=O)N1CCN(C(=O)Oc2ccc(Cl)cc2-c2nc3ccc(Cl)cc3c(=O)[nH]2)C2CSSCC21. The van der Waals surface area contributed by atoms with Crippen LogP contribution in [0.5, 0.6) is 5.75 Å². The first kappa shape index (κ1) is 24.3. The number of benzene rings is 2. The third-order valence-electron chi connectivity index (χ3n) is 6.09. The van der Waals surface area contributed by atoms with Crippen LogP contribution < -0.4 is 10.3 Å². The molecule has 2 aliphatic rings. The first-order valence-corrected chi connectivity index (χ1v) is 14.1. The molecule has 0 bridgehead atoms. The molecule has 8 nitrogen and oxygen atoms in total. The van der Waals surface area contributed by atoms with Crippen LogP contribution in [0.3, 0.4) is 0 Å². The van der Waals surface area contributed by atoms with Gasteiger partial charge in [-0.3, -0.25) is 9.59 Å². The maximum absolute atomic E-state index is 13.3. The Labute approximate surface area is 218 Å². The Morgan fingerprint density at radius 1 is 1.03 bits per heavy atom. The van der Waals surface area contributed by atoms with E-state index in [0.29, 0.717) is 45.4 Å². The molecule has 2 amide bonds.